The molecular formula is C14H17FN2O4. The van der Waals surface area contributed by atoms with Gasteiger partial charge in [0.2, 0.25) is 0 Å². The van der Waals surface area contributed by atoms with Crippen LogP contribution >= 0.6 is 0 Å². The molecule has 1 saturated heterocycles. The summed E-state index contributed by atoms with van der Waals surface area (Å²) in [5.41, 5.74) is -0.686. The van der Waals surface area contributed by atoms with E-state index in [1.54, 1.807) is 6.92 Å². The van der Waals surface area contributed by atoms with Gasteiger partial charge in [-0.3, -0.25) is 9.69 Å². The lowest BCUT2D eigenvalue weighted by Gasteiger charge is -2.20. The number of hydrogen-bond acceptors (Lipinski definition) is 4. The SMILES string of the molecule is COC[C@@]1(C)NC(=O)N(Cc2cc(F)ccc2OC)C1=O. The number of carbonyl (C=O) groups excluding carboxylic acids is 2. The lowest BCUT2D eigenvalue weighted by atomic mass is 10.0. The molecule has 21 heavy (non-hydrogen) atoms. The summed E-state index contributed by atoms with van der Waals surface area (Å²) in [5.74, 6) is -0.462. The van der Waals surface area contributed by atoms with Gasteiger partial charge in [-0.1, -0.05) is 0 Å². The number of ether oxygens (including phenoxy) is 2. The first-order chi connectivity index (χ1) is 9.91. The molecule has 3 amide bonds. The van der Waals surface area contributed by atoms with Crippen molar-refractivity contribution in [2.24, 2.45) is 0 Å². The number of nitrogens with one attached hydrogen (secondary N) is 1. The molecule has 114 valence electrons. The fourth-order valence-electron chi connectivity index (χ4n) is 2.32. The highest BCUT2D eigenvalue weighted by molar-refractivity contribution is 6.06. The van der Waals surface area contributed by atoms with Crippen LogP contribution in [-0.4, -0.2) is 43.2 Å². The molecular weight excluding hydrogens is 279 g/mol. The second-order valence-electron chi connectivity index (χ2n) is 5.04. The van der Waals surface area contributed by atoms with Crippen molar-refractivity contribution in [3.05, 3.63) is 29.6 Å². The molecule has 6 nitrogen and oxygen atoms in total. The highest BCUT2D eigenvalue weighted by Crippen LogP contribution is 2.25. The molecule has 1 N–H and O–H groups in total. The van der Waals surface area contributed by atoms with Gasteiger partial charge >= 0.3 is 6.03 Å². The summed E-state index contributed by atoms with van der Waals surface area (Å²) in [6, 6.07) is 3.41. The Labute approximate surface area is 121 Å². The van der Waals surface area contributed by atoms with Gasteiger partial charge in [-0.05, 0) is 25.1 Å². The van der Waals surface area contributed by atoms with E-state index in [0.717, 1.165) is 4.90 Å². The van der Waals surface area contributed by atoms with Crippen molar-refractivity contribution < 1.29 is 23.5 Å². The van der Waals surface area contributed by atoms with E-state index < -0.39 is 23.3 Å². The molecule has 1 atom stereocenters. The van der Waals surface area contributed by atoms with Gasteiger partial charge in [-0.25, -0.2) is 9.18 Å². The third-order valence-corrected chi connectivity index (χ3v) is 3.35. The topological polar surface area (TPSA) is 67.9 Å². The molecule has 0 unspecified atom stereocenters. The van der Waals surface area contributed by atoms with E-state index in [2.05, 4.69) is 5.32 Å². The molecule has 0 aromatic heterocycles. The maximum atomic E-state index is 13.3. The molecule has 0 bridgehead atoms. The maximum Gasteiger partial charge on any atom is 0.325 e. The maximum absolute atomic E-state index is 13.3. The number of rotatable bonds is 5. The molecule has 0 aliphatic carbocycles. The average Bonchev–Trinajstić information content (AvgIpc) is 2.63. The third kappa shape index (κ3) is 2.82. The van der Waals surface area contributed by atoms with Gasteiger partial charge in [-0.15, -0.1) is 0 Å². The fraction of sp³-hybridized carbons (Fsp3) is 0.429. The zero-order chi connectivity index (χ0) is 15.6. The van der Waals surface area contributed by atoms with Gasteiger partial charge in [0.25, 0.3) is 5.91 Å². The van der Waals surface area contributed by atoms with Crippen molar-refractivity contribution in [3.8, 4) is 5.75 Å². The molecule has 1 fully saturated rings. The van der Waals surface area contributed by atoms with E-state index in [4.69, 9.17) is 9.47 Å². The Morgan fingerprint density at radius 1 is 1.33 bits per heavy atom. The minimum absolute atomic E-state index is 0.0638. The first-order valence-corrected chi connectivity index (χ1v) is 6.37. The smallest absolute Gasteiger partial charge is 0.325 e. The van der Waals surface area contributed by atoms with Crippen LogP contribution in [-0.2, 0) is 16.1 Å². The summed E-state index contributed by atoms with van der Waals surface area (Å²) in [4.78, 5) is 25.3. The van der Waals surface area contributed by atoms with Crippen molar-refractivity contribution in [1.29, 1.82) is 0 Å². The Balaban J connectivity index is 2.26. The van der Waals surface area contributed by atoms with Gasteiger partial charge in [0, 0.05) is 12.7 Å². The molecule has 0 saturated carbocycles. The summed E-state index contributed by atoms with van der Waals surface area (Å²) in [6.45, 7) is 1.58. The molecule has 2 rings (SSSR count). The zero-order valence-corrected chi connectivity index (χ0v) is 12.1. The van der Waals surface area contributed by atoms with Crippen molar-refractivity contribution in [3.63, 3.8) is 0 Å². The number of amides is 3. The van der Waals surface area contributed by atoms with E-state index in [1.165, 1.54) is 32.4 Å². The van der Waals surface area contributed by atoms with Crippen LogP contribution in [0.4, 0.5) is 9.18 Å². The van der Waals surface area contributed by atoms with E-state index in [9.17, 15) is 14.0 Å². The Hall–Kier alpha value is -2.15. The monoisotopic (exact) mass is 296 g/mol. The molecule has 1 aliphatic heterocycles. The van der Waals surface area contributed by atoms with Crippen LogP contribution < -0.4 is 10.1 Å². The largest absolute Gasteiger partial charge is 0.496 e. The van der Waals surface area contributed by atoms with Crippen LogP contribution in [0.2, 0.25) is 0 Å². The minimum atomic E-state index is -1.10. The number of nitrogens with zero attached hydrogens (tertiary/aromatic N) is 1. The lowest BCUT2D eigenvalue weighted by molar-refractivity contribution is -0.132. The highest BCUT2D eigenvalue weighted by Gasteiger charge is 2.47. The van der Waals surface area contributed by atoms with Crippen LogP contribution in [0.3, 0.4) is 0 Å². The van der Waals surface area contributed by atoms with E-state index in [1.807, 2.05) is 0 Å². The van der Waals surface area contributed by atoms with Gasteiger partial charge in [0.05, 0.1) is 20.3 Å². The fourth-order valence-corrected chi connectivity index (χ4v) is 2.32. The first-order valence-electron chi connectivity index (χ1n) is 6.37. The standard InChI is InChI=1S/C14H17FN2O4/c1-14(8-20-2)12(18)17(13(19)16-14)7-9-6-10(15)4-5-11(9)21-3/h4-6H,7-8H2,1-3H3,(H,16,19)/t14-/m1/s1. The predicted molar refractivity (Wildman–Crippen MR) is 72.3 cm³/mol. The van der Waals surface area contributed by atoms with E-state index in [0.29, 0.717) is 11.3 Å². The second-order valence-corrected chi connectivity index (χ2v) is 5.04. The lowest BCUT2D eigenvalue weighted by Crippen LogP contribution is -2.47. The van der Waals surface area contributed by atoms with E-state index >= 15 is 0 Å². The molecule has 0 spiro atoms. The first kappa shape index (κ1) is 15.2. The number of hydrogen-bond donors (Lipinski definition) is 1. The summed E-state index contributed by atoms with van der Waals surface area (Å²) in [6.07, 6.45) is 0. The van der Waals surface area contributed by atoms with Crippen LogP contribution in [0, 0.1) is 5.82 Å². The highest BCUT2D eigenvalue weighted by atomic mass is 19.1. The Kier molecular flexibility index (Phi) is 4.13. The average molecular weight is 296 g/mol. The number of benzene rings is 1. The quantitative estimate of drug-likeness (QED) is 0.831. The van der Waals surface area contributed by atoms with Crippen LogP contribution in [0.5, 0.6) is 5.75 Å². The van der Waals surface area contributed by atoms with Crippen molar-refractivity contribution >= 4 is 11.9 Å². The van der Waals surface area contributed by atoms with E-state index in [-0.39, 0.29) is 13.2 Å². The van der Waals surface area contributed by atoms with Crippen molar-refractivity contribution in [1.82, 2.24) is 10.2 Å². The Morgan fingerprint density at radius 2 is 2.05 bits per heavy atom. The van der Waals surface area contributed by atoms with Crippen molar-refractivity contribution in [2.75, 3.05) is 20.8 Å². The summed E-state index contributed by atoms with van der Waals surface area (Å²) in [7, 11) is 2.89. The molecule has 1 aliphatic rings. The van der Waals surface area contributed by atoms with Gasteiger partial charge < -0.3 is 14.8 Å². The number of imide groups is 1. The number of halogens is 1. The number of carbonyl (C=O) groups is 2. The Bertz CT molecular complexity index is 578. The normalized spacial score (nSPS) is 21.6. The van der Waals surface area contributed by atoms with Crippen LogP contribution in [0.1, 0.15) is 12.5 Å². The second kappa shape index (κ2) is 5.69. The summed E-state index contributed by atoms with van der Waals surface area (Å²) < 4.78 is 23.4. The van der Waals surface area contributed by atoms with Gasteiger partial charge in [0.1, 0.15) is 17.1 Å². The summed E-state index contributed by atoms with van der Waals surface area (Å²) >= 11 is 0. The minimum Gasteiger partial charge on any atom is -0.496 e. The number of urea groups is 1. The molecule has 1 aromatic rings. The van der Waals surface area contributed by atoms with Gasteiger partial charge in [-0.2, -0.15) is 0 Å². The zero-order valence-electron chi connectivity index (χ0n) is 12.1. The molecule has 1 aromatic carbocycles. The van der Waals surface area contributed by atoms with Crippen LogP contribution in [0.25, 0.3) is 0 Å². The Morgan fingerprint density at radius 3 is 2.67 bits per heavy atom. The molecule has 7 heteroatoms. The van der Waals surface area contributed by atoms with Crippen molar-refractivity contribution in [2.45, 2.75) is 19.0 Å². The van der Waals surface area contributed by atoms with Crippen LogP contribution in [0.15, 0.2) is 18.2 Å². The number of methoxy groups -OCH3 is 2. The third-order valence-electron chi connectivity index (χ3n) is 3.35. The predicted octanol–water partition coefficient (Wildman–Crippen LogP) is 1.29. The molecule has 1 heterocycles. The van der Waals surface area contributed by atoms with Gasteiger partial charge in [0.15, 0.2) is 0 Å². The summed E-state index contributed by atoms with van der Waals surface area (Å²) in [5, 5.41) is 2.58. The molecule has 0 radical (unpaired) electrons.